The fourth-order valence-corrected chi connectivity index (χ4v) is 3.98. The molecule has 1 aliphatic rings. The molecule has 0 atom stereocenters. The molecule has 1 amide bonds. The fraction of sp³-hybridized carbons (Fsp3) is 0.500. The Morgan fingerprint density at radius 3 is 2.70 bits per heavy atom. The van der Waals surface area contributed by atoms with Crippen molar-refractivity contribution in [1.82, 2.24) is 9.88 Å². The Kier molecular flexibility index (Phi) is 7.06. The molecule has 27 heavy (non-hydrogen) atoms. The Morgan fingerprint density at radius 2 is 1.96 bits per heavy atom. The number of hydrogen-bond donors (Lipinski definition) is 1. The van der Waals surface area contributed by atoms with Crippen LogP contribution in [0.5, 0.6) is 11.5 Å². The van der Waals surface area contributed by atoms with Crippen LogP contribution in [0.15, 0.2) is 23.6 Å². The first-order valence-corrected chi connectivity index (χ1v) is 10.2. The number of nitrogens with zero attached hydrogens (tertiary/aromatic N) is 2. The molecule has 0 radical (unpaired) electrons. The number of rotatable bonds is 8. The van der Waals surface area contributed by atoms with Crippen molar-refractivity contribution >= 4 is 22.4 Å². The van der Waals surface area contributed by atoms with Gasteiger partial charge in [-0.1, -0.05) is 12.5 Å². The van der Waals surface area contributed by atoms with Gasteiger partial charge in [0.05, 0.1) is 19.9 Å². The van der Waals surface area contributed by atoms with E-state index in [9.17, 15) is 4.79 Å². The van der Waals surface area contributed by atoms with Gasteiger partial charge < -0.3 is 14.8 Å². The van der Waals surface area contributed by atoms with Gasteiger partial charge in [0.15, 0.2) is 16.6 Å². The van der Waals surface area contributed by atoms with Gasteiger partial charge in [0.1, 0.15) is 0 Å². The maximum atomic E-state index is 12.3. The van der Waals surface area contributed by atoms with Crippen LogP contribution in [0.3, 0.4) is 0 Å². The maximum absolute atomic E-state index is 12.3. The fourth-order valence-electron chi connectivity index (χ4n) is 3.26. The average Bonchev–Trinajstić information content (AvgIpc) is 3.13. The predicted molar refractivity (Wildman–Crippen MR) is 108 cm³/mol. The number of thiazole rings is 1. The Balaban J connectivity index is 1.48. The summed E-state index contributed by atoms with van der Waals surface area (Å²) in [5, 5.41) is 5.64. The summed E-state index contributed by atoms with van der Waals surface area (Å²) >= 11 is 1.49. The van der Waals surface area contributed by atoms with Crippen LogP contribution >= 0.6 is 11.3 Å². The second-order valence-corrected chi connectivity index (χ2v) is 7.58. The zero-order chi connectivity index (χ0) is 19.1. The van der Waals surface area contributed by atoms with E-state index >= 15 is 0 Å². The second-order valence-electron chi connectivity index (χ2n) is 6.72. The van der Waals surface area contributed by atoms with Crippen LogP contribution < -0.4 is 14.8 Å². The van der Waals surface area contributed by atoms with Crippen molar-refractivity contribution in [3.05, 3.63) is 34.8 Å². The SMILES string of the molecule is COc1ccc(CCC(=O)Nc2nc(CN3CCCCC3)cs2)cc1OC. The summed E-state index contributed by atoms with van der Waals surface area (Å²) in [6, 6.07) is 5.72. The number of carbonyl (C=O) groups excluding carboxylic acids is 1. The van der Waals surface area contributed by atoms with E-state index in [1.165, 1.54) is 30.6 Å². The number of carbonyl (C=O) groups is 1. The third-order valence-electron chi connectivity index (χ3n) is 4.72. The first kappa shape index (κ1) is 19.6. The minimum atomic E-state index is -0.0244. The normalized spacial score (nSPS) is 14.7. The lowest BCUT2D eigenvalue weighted by Gasteiger charge is -2.25. The summed E-state index contributed by atoms with van der Waals surface area (Å²) in [5.41, 5.74) is 2.07. The lowest BCUT2D eigenvalue weighted by Crippen LogP contribution is -2.29. The largest absolute Gasteiger partial charge is 0.493 e. The van der Waals surface area contributed by atoms with Crippen molar-refractivity contribution in [3.8, 4) is 11.5 Å². The number of nitrogens with one attached hydrogen (secondary N) is 1. The van der Waals surface area contributed by atoms with Crippen molar-refractivity contribution < 1.29 is 14.3 Å². The van der Waals surface area contributed by atoms with E-state index in [-0.39, 0.29) is 5.91 Å². The van der Waals surface area contributed by atoms with Gasteiger partial charge in [-0.3, -0.25) is 9.69 Å². The first-order chi connectivity index (χ1) is 13.2. The van der Waals surface area contributed by atoms with E-state index in [1.54, 1.807) is 14.2 Å². The third kappa shape index (κ3) is 5.68. The highest BCUT2D eigenvalue weighted by molar-refractivity contribution is 7.13. The summed E-state index contributed by atoms with van der Waals surface area (Å²) in [5.74, 6) is 1.34. The summed E-state index contributed by atoms with van der Waals surface area (Å²) < 4.78 is 10.5. The summed E-state index contributed by atoms with van der Waals surface area (Å²) in [4.78, 5) is 19.2. The molecule has 0 spiro atoms. The zero-order valence-electron chi connectivity index (χ0n) is 16.0. The van der Waals surface area contributed by atoms with Crippen LogP contribution in [0.25, 0.3) is 0 Å². The molecule has 2 heterocycles. The first-order valence-electron chi connectivity index (χ1n) is 9.35. The number of aromatic nitrogens is 1. The van der Waals surface area contributed by atoms with E-state index in [0.29, 0.717) is 29.5 Å². The van der Waals surface area contributed by atoms with Crippen molar-refractivity contribution in [2.45, 2.75) is 38.6 Å². The molecule has 6 nitrogen and oxygen atoms in total. The van der Waals surface area contributed by atoms with Gasteiger partial charge in [-0.15, -0.1) is 11.3 Å². The van der Waals surface area contributed by atoms with Crippen LogP contribution in [0.4, 0.5) is 5.13 Å². The molecule has 1 aromatic carbocycles. The summed E-state index contributed by atoms with van der Waals surface area (Å²) in [6.07, 6.45) is 4.90. The molecule has 2 aromatic rings. The Hall–Kier alpha value is -2.12. The number of hydrogen-bond acceptors (Lipinski definition) is 6. The van der Waals surface area contributed by atoms with E-state index in [1.807, 2.05) is 23.6 Å². The van der Waals surface area contributed by atoms with Crippen LogP contribution in [0, 0.1) is 0 Å². The monoisotopic (exact) mass is 389 g/mol. The van der Waals surface area contributed by atoms with Gasteiger partial charge in [-0.05, 0) is 50.0 Å². The van der Waals surface area contributed by atoms with Crippen LogP contribution in [0.2, 0.25) is 0 Å². The molecule has 1 saturated heterocycles. The summed E-state index contributed by atoms with van der Waals surface area (Å²) in [7, 11) is 3.22. The molecule has 0 bridgehead atoms. The van der Waals surface area contributed by atoms with Crippen molar-refractivity contribution in [1.29, 1.82) is 0 Å². The number of aryl methyl sites for hydroxylation is 1. The molecule has 0 saturated carbocycles. The molecule has 7 heteroatoms. The van der Waals surface area contributed by atoms with E-state index in [4.69, 9.17) is 9.47 Å². The molecule has 1 N–H and O–H groups in total. The van der Waals surface area contributed by atoms with Crippen molar-refractivity contribution in [2.24, 2.45) is 0 Å². The van der Waals surface area contributed by atoms with Gasteiger partial charge in [0, 0.05) is 18.3 Å². The minimum Gasteiger partial charge on any atom is -0.493 e. The molecule has 1 fully saturated rings. The molecule has 146 valence electrons. The number of piperidine rings is 1. The smallest absolute Gasteiger partial charge is 0.226 e. The molecule has 0 unspecified atom stereocenters. The highest BCUT2D eigenvalue weighted by atomic mass is 32.1. The molecular formula is C20H27N3O3S. The van der Waals surface area contributed by atoms with Gasteiger partial charge in [0.2, 0.25) is 5.91 Å². The van der Waals surface area contributed by atoms with E-state index in [0.717, 1.165) is 30.9 Å². The number of anilines is 1. The number of likely N-dealkylation sites (tertiary alicyclic amines) is 1. The molecule has 1 aliphatic heterocycles. The molecular weight excluding hydrogens is 362 g/mol. The Bertz CT molecular complexity index is 757. The molecule has 1 aromatic heterocycles. The molecule has 3 rings (SSSR count). The maximum Gasteiger partial charge on any atom is 0.226 e. The third-order valence-corrected chi connectivity index (χ3v) is 5.53. The van der Waals surface area contributed by atoms with Gasteiger partial charge >= 0.3 is 0 Å². The summed E-state index contributed by atoms with van der Waals surface area (Å²) in [6.45, 7) is 3.16. The van der Waals surface area contributed by atoms with E-state index in [2.05, 4.69) is 15.2 Å². The van der Waals surface area contributed by atoms with Gasteiger partial charge in [-0.25, -0.2) is 4.98 Å². The minimum absolute atomic E-state index is 0.0244. The predicted octanol–water partition coefficient (Wildman–Crippen LogP) is 3.72. The zero-order valence-corrected chi connectivity index (χ0v) is 16.8. The number of benzene rings is 1. The Morgan fingerprint density at radius 1 is 1.19 bits per heavy atom. The second kappa shape index (κ2) is 9.71. The molecule has 0 aliphatic carbocycles. The highest BCUT2D eigenvalue weighted by Gasteiger charge is 2.13. The average molecular weight is 390 g/mol. The van der Waals surface area contributed by atoms with Crippen LogP contribution in [0.1, 0.15) is 36.9 Å². The number of amides is 1. The number of ether oxygens (including phenoxy) is 2. The lowest BCUT2D eigenvalue weighted by molar-refractivity contribution is -0.116. The quantitative estimate of drug-likeness (QED) is 0.745. The lowest BCUT2D eigenvalue weighted by atomic mass is 10.1. The Labute approximate surface area is 164 Å². The topological polar surface area (TPSA) is 63.7 Å². The van der Waals surface area contributed by atoms with Crippen molar-refractivity contribution in [2.75, 3.05) is 32.6 Å². The standard InChI is InChI=1S/C20H27N3O3S/c1-25-17-8-6-15(12-18(17)26-2)7-9-19(24)22-20-21-16(14-27-20)13-23-10-4-3-5-11-23/h6,8,12,14H,3-5,7,9-11,13H2,1-2H3,(H,21,22,24). The van der Waals surface area contributed by atoms with E-state index < -0.39 is 0 Å². The number of methoxy groups -OCH3 is 2. The van der Waals surface area contributed by atoms with Gasteiger partial charge in [0.25, 0.3) is 0 Å². The van der Waals surface area contributed by atoms with Crippen LogP contribution in [-0.4, -0.2) is 43.1 Å². The van der Waals surface area contributed by atoms with Crippen LogP contribution in [-0.2, 0) is 17.8 Å². The van der Waals surface area contributed by atoms with Gasteiger partial charge in [-0.2, -0.15) is 0 Å². The highest BCUT2D eigenvalue weighted by Crippen LogP contribution is 2.28. The van der Waals surface area contributed by atoms with Crippen molar-refractivity contribution in [3.63, 3.8) is 0 Å².